The van der Waals surface area contributed by atoms with Gasteiger partial charge in [0.25, 0.3) is 5.91 Å². The average Bonchev–Trinajstić information content (AvgIpc) is 2.76. The van der Waals surface area contributed by atoms with Crippen molar-refractivity contribution < 1.29 is 19.1 Å². The average molecular weight is 382 g/mol. The largest absolute Gasteiger partial charge is 0.484 e. The lowest BCUT2D eigenvalue weighted by molar-refractivity contribution is -0.135. The third-order valence-corrected chi connectivity index (χ3v) is 4.67. The van der Waals surface area contributed by atoms with Crippen molar-refractivity contribution in [1.29, 1.82) is 0 Å². The Morgan fingerprint density at radius 2 is 1.61 bits per heavy atom. The van der Waals surface area contributed by atoms with E-state index >= 15 is 0 Å². The van der Waals surface area contributed by atoms with Gasteiger partial charge in [-0.1, -0.05) is 48.5 Å². The normalized spacial score (nSPS) is 14.5. The summed E-state index contributed by atoms with van der Waals surface area (Å²) in [7, 11) is 0. The summed E-state index contributed by atoms with van der Waals surface area (Å²) in [4.78, 5) is 25.9. The summed E-state index contributed by atoms with van der Waals surface area (Å²) in [5, 5.41) is 2.62. The molecule has 2 aromatic rings. The predicted molar refractivity (Wildman–Crippen MR) is 106 cm³/mol. The SMILES string of the molecule is O=C(COc1ccccc1)NCC(=O)N1CCC(OCc2ccccc2)CC1. The van der Waals surface area contributed by atoms with Crippen LogP contribution in [0.5, 0.6) is 5.75 Å². The van der Waals surface area contributed by atoms with Crippen LogP contribution in [0, 0.1) is 0 Å². The summed E-state index contributed by atoms with van der Waals surface area (Å²) < 4.78 is 11.3. The van der Waals surface area contributed by atoms with E-state index in [0.29, 0.717) is 25.4 Å². The third-order valence-electron chi connectivity index (χ3n) is 4.67. The minimum absolute atomic E-state index is 0.00742. The Balaban J connectivity index is 1.30. The van der Waals surface area contributed by atoms with Crippen molar-refractivity contribution in [2.45, 2.75) is 25.6 Å². The number of likely N-dealkylation sites (tertiary alicyclic amines) is 1. The molecule has 0 atom stereocenters. The van der Waals surface area contributed by atoms with Crippen molar-refractivity contribution in [3.63, 3.8) is 0 Å². The van der Waals surface area contributed by atoms with E-state index in [4.69, 9.17) is 9.47 Å². The zero-order chi connectivity index (χ0) is 19.6. The molecular formula is C22H26N2O4. The first-order chi connectivity index (χ1) is 13.7. The lowest BCUT2D eigenvalue weighted by atomic mass is 10.1. The van der Waals surface area contributed by atoms with Gasteiger partial charge in [0, 0.05) is 13.1 Å². The van der Waals surface area contributed by atoms with Gasteiger partial charge in [0.15, 0.2) is 6.61 Å². The maximum Gasteiger partial charge on any atom is 0.258 e. The lowest BCUT2D eigenvalue weighted by Crippen LogP contribution is -2.46. The fourth-order valence-electron chi connectivity index (χ4n) is 3.06. The first-order valence-electron chi connectivity index (χ1n) is 9.58. The van der Waals surface area contributed by atoms with E-state index in [1.807, 2.05) is 48.5 Å². The van der Waals surface area contributed by atoms with Gasteiger partial charge in [0.05, 0.1) is 19.3 Å². The Morgan fingerprint density at radius 3 is 2.29 bits per heavy atom. The fraction of sp³-hybridized carbons (Fsp3) is 0.364. The highest BCUT2D eigenvalue weighted by atomic mass is 16.5. The maximum absolute atomic E-state index is 12.3. The monoisotopic (exact) mass is 382 g/mol. The molecule has 1 fully saturated rings. The van der Waals surface area contributed by atoms with Crippen LogP contribution >= 0.6 is 0 Å². The number of rotatable bonds is 8. The van der Waals surface area contributed by atoms with Gasteiger partial charge in [-0.3, -0.25) is 9.59 Å². The van der Waals surface area contributed by atoms with E-state index in [9.17, 15) is 9.59 Å². The molecule has 0 spiro atoms. The molecule has 1 saturated heterocycles. The second kappa shape index (κ2) is 10.5. The van der Waals surface area contributed by atoms with Crippen molar-refractivity contribution in [3.05, 3.63) is 66.2 Å². The summed E-state index contributed by atoms with van der Waals surface area (Å²) in [5.41, 5.74) is 1.15. The number of amides is 2. The van der Waals surface area contributed by atoms with Gasteiger partial charge in [0.2, 0.25) is 5.91 Å². The molecule has 6 heteroatoms. The van der Waals surface area contributed by atoms with Crippen molar-refractivity contribution in [3.8, 4) is 5.75 Å². The first kappa shape index (κ1) is 19.9. The van der Waals surface area contributed by atoms with E-state index in [1.165, 1.54) is 0 Å². The molecule has 2 aromatic carbocycles. The van der Waals surface area contributed by atoms with Crippen LogP contribution < -0.4 is 10.1 Å². The Hall–Kier alpha value is -2.86. The number of nitrogens with zero attached hydrogens (tertiary/aromatic N) is 1. The molecule has 0 unspecified atom stereocenters. The molecule has 1 N–H and O–H groups in total. The summed E-state index contributed by atoms with van der Waals surface area (Å²) in [5.74, 6) is 0.245. The van der Waals surface area contributed by atoms with E-state index in [-0.39, 0.29) is 31.1 Å². The Kier molecular flexibility index (Phi) is 7.44. The molecule has 148 valence electrons. The summed E-state index contributed by atoms with van der Waals surface area (Å²) >= 11 is 0. The molecule has 1 aliphatic rings. The summed E-state index contributed by atoms with van der Waals surface area (Å²) in [6.45, 7) is 1.78. The zero-order valence-electron chi connectivity index (χ0n) is 15.9. The molecule has 1 heterocycles. The van der Waals surface area contributed by atoms with Crippen LogP contribution in [0.25, 0.3) is 0 Å². The number of nitrogens with one attached hydrogen (secondary N) is 1. The van der Waals surface area contributed by atoms with Crippen LogP contribution in [-0.4, -0.2) is 49.1 Å². The molecule has 1 aliphatic heterocycles. The van der Waals surface area contributed by atoms with Gasteiger partial charge in [-0.05, 0) is 30.5 Å². The highest BCUT2D eigenvalue weighted by Crippen LogP contribution is 2.15. The number of carbonyl (C=O) groups is 2. The van der Waals surface area contributed by atoms with Gasteiger partial charge in [-0.25, -0.2) is 0 Å². The van der Waals surface area contributed by atoms with Gasteiger partial charge < -0.3 is 19.7 Å². The molecule has 28 heavy (non-hydrogen) atoms. The van der Waals surface area contributed by atoms with Crippen LogP contribution in [-0.2, 0) is 20.9 Å². The Morgan fingerprint density at radius 1 is 0.964 bits per heavy atom. The highest BCUT2D eigenvalue weighted by Gasteiger charge is 2.23. The number of para-hydroxylation sites is 1. The smallest absolute Gasteiger partial charge is 0.258 e. The topological polar surface area (TPSA) is 67.9 Å². The Bertz CT molecular complexity index is 744. The maximum atomic E-state index is 12.3. The van der Waals surface area contributed by atoms with Crippen LogP contribution in [0.1, 0.15) is 18.4 Å². The molecular weight excluding hydrogens is 356 g/mol. The molecule has 3 rings (SSSR count). The summed E-state index contributed by atoms with van der Waals surface area (Å²) in [6, 6.07) is 19.2. The second-order valence-corrected chi connectivity index (χ2v) is 6.76. The van der Waals surface area contributed by atoms with Crippen molar-refractivity contribution in [2.24, 2.45) is 0 Å². The van der Waals surface area contributed by atoms with E-state index < -0.39 is 0 Å². The lowest BCUT2D eigenvalue weighted by Gasteiger charge is -2.32. The fourth-order valence-corrected chi connectivity index (χ4v) is 3.06. The predicted octanol–water partition coefficient (Wildman–Crippen LogP) is 2.39. The van der Waals surface area contributed by atoms with E-state index in [2.05, 4.69) is 5.32 Å². The molecule has 0 bridgehead atoms. The van der Waals surface area contributed by atoms with E-state index in [1.54, 1.807) is 17.0 Å². The highest BCUT2D eigenvalue weighted by molar-refractivity contribution is 5.85. The number of benzene rings is 2. The number of piperidine rings is 1. The minimum atomic E-state index is -0.307. The molecule has 0 aliphatic carbocycles. The third kappa shape index (κ3) is 6.39. The number of carbonyl (C=O) groups excluding carboxylic acids is 2. The van der Waals surface area contributed by atoms with Gasteiger partial charge in [-0.2, -0.15) is 0 Å². The molecule has 0 radical (unpaired) electrons. The number of ether oxygens (including phenoxy) is 2. The zero-order valence-corrected chi connectivity index (χ0v) is 15.9. The van der Waals surface area contributed by atoms with Gasteiger partial charge in [-0.15, -0.1) is 0 Å². The first-order valence-corrected chi connectivity index (χ1v) is 9.58. The van der Waals surface area contributed by atoms with Gasteiger partial charge in [0.1, 0.15) is 5.75 Å². The minimum Gasteiger partial charge on any atom is -0.484 e. The molecule has 2 amide bonds. The molecule has 6 nitrogen and oxygen atoms in total. The van der Waals surface area contributed by atoms with E-state index in [0.717, 1.165) is 18.4 Å². The number of hydrogen-bond acceptors (Lipinski definition) is 4. The van der Waals surface area contributed by atoms with Crippen LogP contribution in [0.3, 0.4) is 0 Å². The Labute approximate surface area is 165 Å². The molecule has 0 aromatic heterocycles. The quantitative estimate of drug-likeness (QED) is 0.761. The standard InChI is InChI=1S/C22H26N2O4/c25-21(17-28-19-9-5-2-6-10-19)23-15-22(26)24-13-11-20(12-14-24)27-16-18-7-3-1-4-8-18/h1-10,20H,11-17H2,(H,23,25). The molecule has 0 saturated carbocycles. The van der Waals surface area contributed by atoms with Crippen molar-refractivity contribution >= 4 is 11.8 Å². The second-order valence-electron chi connectivity index (χ2n) is 6.76. The van der Waals surface area contributed by atoms with Crippen molar-refractivity contribution in [1.82, 2.24) is 10.2 Å². The van der Waals surface area contributed by atoms with Crippen LogP contribution in [0.15, 0.2) is 60.7 Å². The van der Waals surface area contributed by atoms with Crippen LogP contribution in [0.2, 0.25) is 0 Å². The summed E-state index contributed by atoms with van der Waals surface area (Å²) in [6.07, 6.45) is 1.78. The van der Waals surface area contributed by atoms with Gasteiger partial charge >= 0.3 is 0 Å². The number of hydrogen-bond donors (Lipinski definition) is 1. The van der Waals surface area contributed by atoms with Crippen molar-refractivity contribution in [2.75, 3.05) is 26.2 Å². The van der Waals surface area contributed by atoms with Crippen LogP contribution in [0.4, 0.5) is 0 Å².